The van der Waals surface area contributed by atoms with E-state index in [0.717, 1.165) is 48.9 Å². The highest BCUT2D eigenvalue weighted by Crippen LogP contribution is 2.30. The molecule has 0 aliphatic heterocycles. The molecule has 0 saturated heterocycles. The number of rotatable bonds is 4. The zero-order valence-electron chi connectivity index (χ0n) is 13.2. The molecule has 2 heterocycles. The number of hydrogen-bond acceptors (Lipinski definition) is 5. The van der Waals surface area contributed by atoms with Crippen LogP contribution in [0.3, 0.4) is 0 Å². The van der Waals surface area contributed by atoms with Gasteiger partial charge in [-0.3, -0.25) is 5.10 Å². The van der Waals surface area contributed by atoms with Crippen molar-refractivity contribution in [2.24, 2.45) is 5.92 Å². The van der Waals surface area contributed by atoms with E-state index < -0.39 is 11.6 Å². The number of aliphatic hydroxyl groups excluding tert-OH is 1. The minimum atomic E-state index is -0.825. The van der Waals surface area contributed by atoms with Gasteiger partial charge in [0.25, 0.3) is 0 Å². The average molecular weight is 346 g/mol. The van der Waals surface area contributed by atoms with E-state index in [4.69, 9.17) is 4.74 Å². The molecule has 0 bridgehead atoms. The van der Waals surface area contributed by atoms with E-state index in [2.05, 4.69) is 20.2 Å². The predicted molar refractivity (Wildman–Crippen MR) is 85.2 cm³/mol. The van der Waals surface area contributed by atoms with Crippen molar-refractivity contribution in [2.45, 2.75) is 31.8 Å². The first-order chi connectivity index (χ1) is 12.1. The largest absolute Gasteiger partial charge is 0.421 e. The summed E-state index contributed by atoms with van der Waals surface area (Å²) in [6, 6.07) is 2.96. The summed E-state index contributed by atoms with van der Waals surface area (Å²) in [7, 11) is 0. The number of hydrogen-bond donors (Lipinski definition) is 2. The van der Waals surface area contributed by atoms with Crippen LogP contribution in [0.1, 0.15) is 25.0 Å². The molecule has 1 aliphatic rings. The number of aromatic nitrogens is 4. The van der Waals surface area contributed by atoms with Crippen LogP contribution >= 0.6 is 0 Å². The normalized spacial score (nSPS) is 20.3. The molecule has 2 atom stereocenters. The summed E-state index contributed by atoms with van der Waals surface area (Å²) in [5.74, 6) is -1.27. The second-order valence-electron chi connectivity index (χ2n) is 6.30. The summed E-state index contributed by atoms with van der Waals surface area (Å²) in [6.45, 7) is 0. The summed E-state index contributed by atoms with van der Waals surface area (Å²) in [6.07, 6.45) is 4.67. The molecule has 0 amide bonds. The number of aliphatic hydroxyl groups is 1. The number of nitrogens with zero attached hydrogens (tertiary/aromatic N) is 3. The molecule has 8 heteroatoms. The third kappa shape index (κ3) is 3.30. The number of aromatic amines is 1. The van der Waals surface area contributed by atoms with Gasteiger partial charge in [-0.25, -0.2) is 13.8 Å². The Labute approximate surface area is 141 Å². The predicted octanol–water partition coefficient (Wildman–Crippen LogP) is 3.13. The van der Waals surface area contributed by atoms with Gasteiger partial charge < -0.3 is 9.84 Å². The van der Waals surface area contributed by atoms with Crippen LogP contribution in [0.4, 0.5) is 8.78 Å². The van der Waals surface area contributed by atoms with Gasteiger partial charge in [-0.15, -0.1) is 0 Å². The maximum absolute atomic E-state index is 13.7. The van der Waals surface area contributed by atoms with Gasteiger partial charge in [-0.1, -0.05) is 0 Å². The summed E-state index contributed by atoms with van der Waals surface area (Å²) in [4.78, 5) is 8.27. The highest BCUT2D eigenvalue weighted by molar-refractivity contribution is 5.76. The highest BCUT2D eigenvalue weighted by atomic mass is 19.1. The third-order valence-electron chi connectivity index (χ3n) is 4.47. The van der Waals surface area contributed by atoms with Crippen LogP contribution in [0, 0.1) is 17.6 Å². The molecule has 0 radical (unpaired) electrons. The number of nitrogens with one attached hydrogen (secondary N) is 1. The lowest BCUT2D eigenvalue weighted by atomic mass is 10.0. The first-order valence-corrected chi connectivity index (χ1v) is 8.09. The smallest absolute Gasteiger partial charge is 0.324 e. The summed E-state index contributed by atoms with van der Waals surface area (Å²) < 4.78 is 31.9. The van der Waals surface area contributed by atoms with E-state index in [0.29, 0.717) is 11.6 Å². The van der Waals surface area contributed by atoms with Crippen LogP contribution < -0.4 is 4.74 Å². The monoisotopic (exact) mass is 346 g/mol. The lowest BCUT2D eigenvalue weighted by molar-refractivity contribution is 0.177. The van der Waals surface area contributed by atoms with Gasteiger partial charge >= 0.3 is 6.01 Å². The minimum absolute atomic E-state index is 0.0514. The Balaban J connectivity index is 1.55. The van der Waals surface area contributed by atoms with Gasteiger partial charge in [-0.05, 0) is 43.7 Å². The Kier molecular flexibility index (Phi) is 4.04. The van der Waals surface area contributed by atoms with Crippen molar-refractivity contribution in [3.05, 3.63) is 41.7 Å². The Morgan fingerprint density at radius 1 is 1.28 bits per heavy atom. The Hall–Kier alpha value is -2.61. The first kappa shape index (κ1) is 15.9. The molecular weight excluding hydrogens is 330 g/mol. The molecule has 0 spiro atoms. The molecule has 2 N–H and O–H groups in total. The molecule has 4 rings (SSSR count). The molecule has 1 saturated carbocycles. The van der Waals surface area contributed by atoms with Gasteiger partial charge in [0, 0.05) is 12.3 Å². The summed E-state index contributed by atoms with van der Waals surface area (Å²) >= 11 is 0. The van der Waals surface area contributed by atoms with Crippen LogP contribution in [0.25, 0.3) is 11.0 Å². The van der Waals surface area contributed by atoms with Gasteiger partial charge in [0.05, 0.1) is 17.2 Å². The lowest BCUT2D eigenvalue weighted by Crippen LogP contribution is -2.03. The minimum Gasteiger partial charge on any atom is -0.421 e. The van der Waals surface area contributed by atoms with E-state index in [9.17, 15) is 13.9 Å². The van der Waals surface area contributed by atoms with Crippen molar-refractivity contribution in [1.29, 1.82) is 0 Å². The molecule has 2 unspecified atom stereocenters. The van der Waals surface area contributed by atoms with Crippen LogP contribution in [0.5, 0.6) is 11.8 Å². The molecule has 1 aliphatic carbocycles. The van der Waals surface area contributed by atoms with Crippen molar-refractivity contribution < 1.29 is 18.6 Å². The third-order valence-corrected chi connectivity index (χ3v) is 4.47. The number of fused-ring (bicyclic) bond motifs is 1. The number of halogens is 2. The maximum atomic E-state index is 13.7. The topological polar surface area (TPSA) is 83.9 Å². The fourth-order valence-electron chi connectivity index (χ4n) is 3.21. The van der Waals surface area contributed by atoms with Crippen molar-refractivity contribution in [2.75, 3.05) is 0 Å². The standard InChI is InChI=1S/C17H16F2N4O2/c18-10-2-4-15(13(19)7-10)25-17-20-8-12-14(22-23-16(12)21-17)6-9-1-3-11(24)5-9/h2,4,7-9,11,24H,1,3,5-6H2,(H,20,21,22,23). The molecule has 1 aromatic carbocycles. The van der Waals surface area contributed by atoms with E-state index in [1.807, 2.05) is 0 Å². The second kappa shape index (κ2) is 6.36. The van der Waals surface area contributed by atoms with Crippen molar-refractivity contribution in [1.82, 2.24) is 20.2 Å². The molecule has 25 heavy (non-hydrogen) atoms. The van der Waals surface area contributed by atoms with Crippen LogP contribution in [0.15, 0.2) is 24.4 Å². The molecule has 3 aromatic rings. The number of ether oxygens (including phenoxy) is 1. The average Bonchev–Trinajstić information content (AvgIpc) is 3.17. The van der Waals surface area contributed by atoms with Crippen molar-refractivity contribution in [3.63, 3.8) is 0 Å². The van der Waals surface area contributed by atoms with Crippen molar-refractivity contribution >= 4 is 11.0 Å². The maximum Gasteiger partial charge on any atom is 0.324 e. The Bertz CT molecular complexity index is 915. The zero-order valence-corrected chi connectivity index (χ0v) is 13.2. The SMILES string of the molecule is OC1CCC(Cc2n[nH]c3nc(Oc4ccc(F)cc4F)ncc23)C1. The van der Waals surface area contributed by atoms with Gasteiger partial charge in [0.2, 0.25) is 0 Å². The number of benzene rings is 1. The zero-order chi connectivity index (χ0) is 17.4. The second-order valence-corrected chi connectivity index (χ2v) is 6.30. The Morgan fingerprint density at radius 3 is 2.92 bits per heavy atom. The molecule has 1 fully saturated rings. The van der Waals surface area contributed by atoms with Gasteiger partial charge in [-0.2, -0.15) is 10.1 Å². The van der Waals surface area contributed by atoms with Gasteiger partial charge in [0.1, 0.15) is 5.82 Å². The quantitative estimate of drug-likeness (QED) is 0.758. The van der Waals surface area contributed by atoms with Crippen molar-refractivity contribution in [3.8, 4) is 11.8 Å². The van der Waals surface area contributed by atoms with E-state index in [-0.39, 0.29) is 17.9 Å². The first-order valence-electron chi connectivity index (χ1n) is 8.09. The molecule has 130 valence electrons. The number of H-pyrrole nitrogens is 1. The summed E-state index contributed by atoms with van der Waals surface area (Å²) in [5, 5.41) is 17.5. The Morgan fingerprint density at radius 2 is 2.16 bits per heavy atom. The fraction of sp³-hybridized carbons (Fsp3) is 0.353. The van der Waals surface area contributed by atoms with E-state index in [1.54, 1.807) is 6.20 Å². The van der Waals surface area contributed by atoms with Gasteiger partial charge in [0.15, 0.2) is 17.2 Å². The van der Waals surface area contributed by atoms with Crippen LogP contribution in [0.2, 0.25) is 0 Å². The molecular formula is C17H16F2N4O2. The van der Waals surface area contributed by atoms with E-state index in [1.165, 1.54) is 6.07 Å². The fourth-order valence-corrected chi connectivity index (χ4v) is 3.21. The molecule has 6 nitrogen and oxygen atoms in total. The van der Waals surface area contributed by atoms with Crippen LogP contribution in [-0.2, 0) is 6.42 Å². The van der Waals surface area contributed by atoms with E-state index >= 15 is 0 Å². The molecule has 2 aromatic heterocycles. The summed E-state index contributed by atoms with van der Waals surface area (Å²) in [5.41, 5.74) is 1.33. The highest BCUT2D eigenvalue weighted by Gasteiger charge is 2.24. The lowest BCUT2D eigenvalue weighted by Gasteiger charge is -2.07. The van der Waals surface area contributed by atoms with Crippen LogP contribution in [-0.4, -0.2) is 31.4 Å².